The molecule has 0 aromatic heterocycles. The van der Waals surface area contributed by atoms with Crippen molar-refractivity contribution < 1.29 is 0 Å². The predicted octanol–water partition coefficient (Wildman–Crippen LogP) is 8.92. The van der Waals surface area contributed by atoms with Crippen molar-refractivity contribution in [2.75, 3.05) is 4.90 Å². The highest BCUT2D eigenvalue weighted by Crippen LogP contribution is 2.47. The summed E-state index contributed by atoms with van der Waals surface area (Å²) in [5.41, 5.74) is 17.7. The largest absolute Gasteiger partial charge is 0.310 e. The third-order valence-electron chi connectivity index (χ3n) is 7.69. The molecule has 1 heteroatoms. The number of nitrogens with zero attached hydrogens (tertiary/aromatic N) is 1. The lowest BCUT2D eigenvalue weighted by Crippen LogP contribution is -2.10. The Bertz CT molecular complexity index is 1540. The minimum Gasteiger partial charge on any atom is -0.310 e. The van der Waals surface area contributed by atoms with E-state index in [1.54, 1.807) is 0 Å². The van der Waals surface area contributed by atoms with Gasteiger partial charge >= 0.3 is 0 Å². The molecule has 5 aromatic rings. The number of hydrogen-bond donors (Lipinski definition) is 0. The summed E-state index contributed by atoms with van der Waals surface area (Å²) in [6.45, 7) is 4.28. The lowest BCUT2D eigenvalue weighted by molar-refractivity contribution is 1.16. The van der Waals surface area contributed by atoms with Gasteiger partial charge in [0.2, 0.25) is 0 Å². The highest BCUT2D eigenvalue weighted by atomic mass is 15.1. The average molecular weight is 450 g/mol. The lowest BCUT2D eigenvalue weighted by atomic mass is 9.96. The van der Waals surface area contributed by atoms with Gasteiger partial charge in [0.1, 0.15) is 0 Å². The molecule has 0 aliphatic heterocycles. The molecule has 0 spiro atoms. The Morgan fingerprint density at radius 3 is 1.57 bits per heavy atom. The van der Waals surface area contributed by atoms with Crippen molar-refractivity contribution in [1.29, 1.82) is 0 Å². The van der Waals surface area contributed by atoms with E-state index >= 15 is 0 Å². The monoisotopic (exact) mass is 449 g/mol. The summed E-state index contributed by atoms with van der Waals surface area (Å²) in [6, 6.07) is 38.3. The third-order valence-corrected chi connectivity index (χ3v) is 7.69. The molecule has 0 saturated carbocycles. The summed E-state index contributed by atoms with van der Waals surface area (Å²) in [7, 11) is 0. The molecule has 0 N–H and O–H groups in total. The van der Waals surface area contributed by atoms with Gasteiger partial charge in [0.15, 0.2) is 0 Å². The van der Waals surface area contributed by atoms with Crippen LogP contribution in [0.1, 0.15) is 33.4 Å². The smallest absolute Gasteiger partial charge is 0.0464 e. The second-order valence-corrected chi connectivity index (χ2v) is 9.98. The maximum Gasteiger partial charge on any atom is 0.0464 e. The maximum atomic E-state index is 2.41. The first-order valence-electron chi connectivity index (χ1n) is 12.5. The molecular formula is C34H27N. The van der Waals surface area contributed by atoms with Crippen LogP contribution >= 0.6 is 0 Å². The van der Waals surface area contributed by atoms with Gasteiger partial charge in [-0.3, -0.25) is 0 Å². The zero-order valence-electron chi connectivity index (χ0n) is 20.2. The minimum atomic E-state index is 1.01. The Kier molecular flexibility index (Phi) is 4.47. The number of anilines is 3. The summed E-state index contributed by atoms with van der Waals surface area (Å²) in [4.78, 5) is 2.38. The van der Waals surface area contributed by atoms with E-state index in [1.165, 1.54) is 72.7 Å². The molecule has 2 aliphatic rings. The molecule has 35 heavy (non-hydrogen) atoms. The molecule has 1 nitrogen and oxygen atoms in total. The van der Waals surface area contributed by atoms with E-state index in [1.807, 2.05) is 0 Å². The van der Waals surface area contributed by atoms with Gasteiger partial charge in [0.05, 0.1) is 0 Å². The van der Waals surface area contributed by atoms with Gasteiger partial charge in [-0.15, -0.1) is 0 Å². The van der Waals surface area contributed by atoms with Crippen molar-refractivity contribution in [3.63, 3.8) is 0 Å². The van der Waals surface area contributed by atoms with Gasteiger partial charge in [-0.25, -0.2) is 0 Å². The number of benzene rings is 5. The van der Waals surface area contributed by atoms with Crippen LogP contribution in [0.15, 0.2) is 103 Å². The van der Waals surface area contributed by atoms with Gasteiger partial charge in [0, 0.05) is 17.1 Å². The van der Waals surface area contributed by atoms with Crippen molar-refractivity contribution in [3.8, 4) is 22.3 Å². The number of fused-ring (bicyclic) bond motifs is 7. The van der Waals surface area contributed by atoms with Gasteiger partial charge in [-0.1, -0.05) is 77.9 Å². The highest BCUT2D eigenvalue weighted by Gasteiger charge is 2.28. The zero-order chi connectivity index (χ0) is 23.5. The van der Waals surface area contributed by atoms with E-state index in [9.17, 15) is 0 Å². The van der Waals surface area contributed by atoms with E-state index in [-0.39, 0.29) is 0 Å². The van der Waals surface area contributed by atoms with Crippen LogP contribution < -0.4 is 4.90 Å². The molecule has 0 bridgehead atoms. The summed E-state index contributed by atoms with van der Waals surface area (Å²) in [6.07, 6.45) is 2.06. The van der Waals surface area contributed by atoms with Gasteiger partial charge < -0.3 is 4.90 Å². The SMILES string of the molecule is Cc1ccc(N(c2ccc(C)cc2)c2ccc3c(c2)Cc2c-3ccc3c2Cc2ccccc2-3)cc1. The maximum absolute atomic E-state index is 2.41. The van der Waals surface area contributed by atoms with Crippen LogP contribution in [0.4, 0.5) is 17.1 Å². The van der Waals surface area contributed by atoms with Crippen LogP contribution in [-0.4, -0.2) is 0 Å². The van der Waals surface area contributed by atoms with Gasteiger partial charge in [-0.2, -0.15) is 0 Å². The van der Waals surface area contributed by atoms with E-state index in [4.69, 9.17) is 0 Å². The lowest BCUT2D eigenvalue weighted by Gasteiger charge is -2.26. The number of rotatable bonds is 3. The Labute approximate surface area is 207 Å². The number of hydrogen-bond acceptors (Lipinski definition) is 1. The second kappa shape index (κ2) is 7.71. The molecule has 0 atom stereocenters. The molecule has 2 aliphatic carbocycles. The third kappa shape index (κ3) is 3.23. The first kappa shape index (κ1) is 20.3. The van der Waals surface area contributed by atoms with Crippen LogP contribution in [0.3, 0.4) is 0 Å². The van der Waals surface area contributed by atoms with Gasteiger partial charge in [0.25, 0.3) is 0 Å². The van der Waals surface area contributed by atoms with Crippen LogP contribution in [0.2, 0.25) is 0 Å². The average Bonchev–Trinajstić information content (AvgIpc) is 3.44. The molecule has 168 valence electrons. The minimum absolute atomic E-state index is 1.01. The molecule has 7 rings (SSSR count). The molecule has 0 radical (unpaired) electrons. The Balaban J connectivity index is 1.32. The van der Waals surface area contributed by atoms with Crippen LogP contribution in [-0.2, 0) is 12.8 Å². The Hall–Kier alpha value is -4.10. The Morgan fingerprint density at radius 2 is 0.943 bits per heavy atom. The molecule has 0 heterocycles. The summed E-state index contributed by atoms with van der Waals surface area (Å²) in [5, 5.41) is 0. The fourth-order valence-electron chi connectivity index (χ4n) is 5.88. The van der Waals surface area contributed by atoms with Crippen LogP contribution in [0.5, 0.6) is 0 Å². The standard InChI is InChI=1S/C34H27N/c1-22-7-11-26(12-8-22)35(27-13-9-23(2)10-14-27)28-15-16-30-25(19-28)21-34-32(30)18-17-31-29-6-4-3-5-24(29)20-33(31)34/h3-19H,20-21H2,1-2H3. The number of aryl methyl sites for hydroxylation is 2. The normalized spacial score (nSPS) is 12.6. The van der Waals surface area contributed by atoms with E-state index in [0.29, 0.717) is 0 Å². The summed E-state index contributed by atoms with van der Waals surface area (Å²) < 4.78 is 0. The van der Waals surface area contributed by atoms with E-state index < -0.39 is 0 Å². The van der Waals surface area contributed by atoms with Crippen molar-refractivity contribution in [2.45, 2.75) is 26.7 Å². The zero-order valence-corrected chi connectivity index (χ0v) is 20.2. The molecule has 0 unspecified atom stereocenters. The molecule has 0 fully saturated rings. The topological polar surface area (TPSA) is 3.24 Å². The molecule has 0 saturated heterocycles. The predicted molar refractivity (Wildman–Crippen MR) is 147 cm³/mol. The summed E-state index contributed by atoms with van der Waals surface area (Å²) in [5.74, 6) is 0. The first-order chi connectivity index (χ1) is 17.2. The van der Waals surface area contributed by atoms with E-state index in [0.717, 1.165) is 12.8 Å². The van der Waals surface area contributed by atoms with E-state index in [2.05, 4.69) is 122 Å². The van der Waals surface area contributed by atoms with Crippen LogP contribution in [0.25, 0.3) is 22.3 Å². The fraction of sp³-hybridized carbons (Fsp3) is 0.118. The fourth-order valence-corrected chi connectivity index (χ4v) is 5.88. The molecule has 5 aromatic carbocycles. The first-order valence-corrected chi connectivity index (χ1v) is 12.5. The molecule has 0 amide bonds. The Morgan fingerprint density at radius 1 is 0.457 bits per heavy atom. The quantitative estimate of drug-likeness (QED) is 0.260. The second-order valence-electron chi connectivity index (χ2n) is 9.98. The van der Waals surface area contributed by atoms with Crippen molar-refractivity contribution >= 4 is 17.1 Å². The molecular weight excluding hydrogens is 422 g/mol. The van der Waals surface area contributed by atoms with Crippen molar-refractivity contribution in [2.24, 2.45) is 0 Å². The van der Waals surface area contributed by atoms with Crippen LogP contribution in [0, 0.1) is 13.8 Å². The van der Waals surface area contributed by atoms with Crippen molar-refractivity contribution in [1.82, 2.24) is 0 Å². The summed E-state index contributed by atoms with van der Waals surface area (Å²) >= 11 is 0. The van der Waals surface area contributed by atoms with Gasteiger partial charge in [-0.05, 0) is 108 Å². The van der Waals surface area contributed by atoms with Crippen molar-refractivity contribution in [3.05, 3.63) is 137 Å². The highest BCUT2D eigenvalue weighted by molar-refractivity contribution is 5.88.